The van der Waals surface area contributed by atoms with Crippen LogP contribution in [0.25, 0.3) is 0 Å². The summed E-state index contributed by atoms with van der Waals surface area (Å²) >= 11 is 1.85. The highest BCUT2D eigenvalue weighted by atomic mass is 32.2. The van der Waals surface area contributed by atoms with Crippen LogP contribution in [0.5, 0.6) is 0 Å². The Hall–Kier alpha value is -0.405. The van der Waals surface area contributed by atoms with E-state index in [4.69, 9.17) is 4.65 Å². The summed E-state index contributed by atoms with van der Waals surface area (Å²) in [6, 6.07) is 8.46. The predicted molar refractivity (Wildman–Crippen MR) is 50.1 cm³/mol. The van der Waals surface area contributed by atoms with Crippen molar-refractivity contribution < 1.29 is 4.65 Å². The Labute approximate surface area is 71.1 Å². The summed E-state index contributed by atoms with van der Waals surface area (Å²) < 4.78 is 5.30. The summed E-state index contributed by atoms with van der Waals surface area (Å²) in [6.45, 7) is 0. The fourth-order valence-electron chi connectivity index (χ4n) is 1.35. The van der Waals surface area contributed by atoms with Crippen LogP contribution in [0.3, 0.4) is 0 Å². The molecule has 0 fully saturated rings. The highest BCUT2D eigenvalue weighted by Crippen LogP contribution is 2.22. The third-order valence-electron chi connectivity index (χ3n) is 1.91. The van der Waals surface area contributed by atoms with Gasteiger partial charge >= 0.3 is 6.19 Å². The van der Waals surface area contributed by atoms with Crippen molar-refractivity contribution in [2.24, 2.45) is 0 Å². The molecule has 0 unspecified atom stereocenters. The Morgan fingerprint density at radius 2 is 2.27 bits per heavy atom. The average molecular weight is 164 g/mol. The highest BCUT2D eigenvalue weighted by Gasteiger charge is 2.26. The van der Waals surface area contributed by atoms with Crippen molar-refractivity contribution >= 4 is 23.3 Å². The van der Waals surface area contributed by atoms with E-state index in [0.29, 0.717) is 0 Å². The van der Waals surface area contributed by atoms with E-state index in [1.807, 2.05) is 11.6 Å². The third-order valence-corrected chi connectivity index (χ3v) is 3.14. The molecule has 1 nitrogen and oxygen atoms in total. The summed E-state index contributed by atoms with van der Waals surface area (Å²) in [5.41, 5.74) is 2.77. The number of rotatable bonds is 1. The van der Waals surface area contributed by atoms with Gasteiger partial charge in [-0.25, -0.2) is 0 Å². The molecule has 1 aromatic rings. The Morgan fingerprint density at radius 3 is 3.09 bits per heavy atom. The van der Waals surface area contributed by atoms with Crippen molar-refractivity contribution in [3.8, 4) is 0 Å². The first kappa shape index (κ1) is 7.26. The van der Waals surface area contributed by atoms with E-state index >= 15 is 0 Å². The minimum atomic E-state index is 0.270. The summed E-state index contributed by atoms with van der Waals surface area (Å²) in [4.78, 5) is 0. The number of hydrogen-bond donors (Lipinski definition) is 0. The molecule has 56 valence electrons. The largest absolute Gasteiger partial charge is 0.425 e. The van der Waals surface area contributed by atoms with Crippen LogP contribution in [0.2, 0.25) is 0 Å². The molecule has 3 heteroatoms. The van der Waals surface area contributed by atoms with Gasteiger partial charge in [-0.05, 0) is 11.0 Å². The van der Waals surface area contributed by atoms with E-state index in [9.17, 15) is 0 Å². The Balaban J connectivity index is 2.39. The molecule has 0 aliphatic carbocycles. The van der Waals surface area contributed by atoms with Crippen molar-refractivity contribution in [2.75, 3.05) is 7.11 Å². The van der Waals surface area contributed by atoms with E-state index in [1.54, 1.807) is 7.11 Å². The monoisotopic (exact) mass is 164 g/mol. The Kier molecular flexibility index (Phi) is 1.92. The quantitative estimate of drug-likeness (QED) is 0.578. The van der Waals surface area contributed by atoms with E-state index in [-0.39, 0.29) is 6.19 Å². The number of hydrogen-bond acceptors (Lipinski definition) is 2. The second kappa shape index (κ2) is 2.91. The topological polar surface area (TPSA) is 9.23 Å². The smallest absolute Gasteiger partial charge is 0.397 e. The Morgan fingerprint density at radius 1 is 1.45 bits per heavy atom. The zero-order valence-corrected chi connectivity index (χ0v) is 7.23. The molecule has 1 aliphatic heterocycles. The van der Waals surface area contributed by atoms with Crippen LogP contribution in [0, 0.1) is 0 Å². The predicted octanol–water partition coefficient (Wildman–Crippen LogP) is 1.27. The van der Waals surface area contributed by atoms with E-state index < -0.39 is 0 Å². The molecule has 0 saturated heterocycles. The third kappa shape index (κ3) is 1.19. The fraction of sp³-hybridized carbons (Fsp3) is 0.250. The van der Waals surface area contributed by atoms with Crippen molar-refractivity contribution in [1.82, 2.24) is 0 Å². The lowest BCUT2D eigenvalue weighted by molar-refractivity contribution is 0.445. The van der Waals surface area contributed by atoms with Crippen LogP contribution in [0.1, 0.15) is 5.56 Å². The lowest BCUT2D eigenvalue weighted by Gasteiger charge is -2.01. The molecule has 0 N–H and O–H groups in total. The van der Waals surface area contributed by atoms with Gasteiger partial charge in [0, 0.05) is 12.9 Å². The zero-order chi connectivity index (χ0) is 7.68. The Bertz CT molecular complexity index is 264. The molecule has 0 saturated carbocycles. The van der Waals surface area contributed by atoms with Gasteiger partial charge in [-0.15, -0.1) is 0 Å². The van der Waals surface area contributed by atoms with Gasteiger partial charge in [0.15, 0.2) is 0 Å². The van der Waals surface area contributed by atoms with E-state index in [2.05, 4.69) is 24.3 Å². The van der Waals surface area contributed by atoms with Gasteiger partial charge in [0.2, 0.25) is 0 Å². The van der Waals surface area contributed by atoms with Crippen LogP contribution in [-0.4, -0.2) is 13.3 Å². The number of fused-ring (bicyclic) bond motifs is 1. The normalized spacial score (nSPS) is 15.2. The van der Waals surface area contributed by atoms with Crippen LogP contribution >= 0.6 is 11.6 Å². The summed E-state index contributed by atoms with van der Waals surface area (Å²) in [6.07, 6.45) is 0.270. The maximum absolute atomic E-state index is 5.30. The lowest BCUT2D eigenvalue weighted by atomic mass is 9.83. The summed E-state index contributed by atoms with van der Waals surface area (Å²) in [5.74, 6) is 1.09. The van der Waals surface area contributed by atoms with Gasteiger partial charge in [0.05, 0.1) is 0 Å². The molecule has 1 aliphatic rings. The first-order valence-electron chi connectivity index (χ1n) is 3.64. The van der Waals surface area contributed by atoms with Crippen molar-refractivity contribution in [3.63, 3.8) is 0 Å². The maximum atomic E-state index is 5.30. The molecule has 0 amide bonds. The lowest BCUT2D eigenvalue weighted by Crippen LogP contribution is -2.26. The van der Waals surface area contributed by atoms with Crippen LogP contribution in [0.4, 0.5) is 0 Å². The molecule has 0 radical (unpaired) electrons. The molecule has 11 heavy (non-hydrogen) atoms. The van der Waals surface area contributed by atoms with E-state index in [0.717, 1.165) is 5.75 Å². The second-order valence-corrected chi connectivity index (χ2v) is 3.63. The van der Waals surface area contributed by atoms with Crippen LogP contribution < -0.4 is 5.46 Å². The minimum Gasteiger partial charge on any atom is -0.425 e. The van der Waals surface area contributed by atoms with E-state index in [1.165, 1.54) is 11.0 Å². The van der Waals surface area contributed by atoms with Gasteiger partial charge in [0.1, 0.15) is 0 Å². The molecule has 2 rings (SSSR count). The summed E-state index contributed by atoms with van der Waals surface area (Å²) in [7, 11) is 1.76. The molecule has 0 atom stereocenters. The second-order valence-electron chi connectivity index (χ2n) is 2.58. The molecule has 0 aromatic heterocycles. The van der Waals surface area contributed by atoms with Gasteiger partial charge < -0.3 is 4.65 Å². The zero-order valence-electron chi connectivity index (χ0n) is 6.41. The van der Waals surface area contributed by atoms with Crippen molar-refractivity contribution in [3.05, 3.63) is 29.8 Å². The number of benzene rings is 1. The first-order chi connectivity index (χ1) is 5.42. The first-order valence-corrected chi connectivity index (χ1v) is 4.69. The SMILES string of the molecule is COB1SCc2ccccc21. The van der Waals surface area contributed by atoms with Crippen LogP contribution in [-0.2, 0) is 10.4 Å². The molecular formula is C8H9BOS. The van der Waals surface area contributed by atoms with Gasteiger partial charge in [-0.1, -0.05) is 24.3 Å². The van der Waals surface area contributed by atoms with Crippen LogP contribution in [0.15, 0.2) is 24.3 Å². The standard InChI is InChI=1S/C8H9BOS/c1-10-9-8-5-3-2-4-7(8)6-11-9/h2-5H,6H2,1H3. The maximum Gasteiger partial charge on any atom is 0.397 e. The van der Waals surface area contributed by atoms with Crippen molar-refractivity contribution in [1.29, 1.82) is 0 Å². The molecular weight excluding hydrogens is 155 g/mol. The van der Waals surface area contributed by atoms with Crippen molar-refractivity contribution in [2.45, 2.75) is 5.75 Å². The van der Waals surface area contributed by atoms with Gasteiger partial charge in [-0.2, -0.15) is 11.6 Å². The molecule has 0 bridgehead atoms. The summed E-state index contributed by atoms with van der Waals surface area (Å²) in [5, 5.41) is 0. The molecule has 0 spiro atoms. The minimum absolute atomic E-state index is 0.270. The molecule has 1 heterocycles. The van der Waals surface area contributed by atoms with Gasteiger partial charge in [-0.3, -0.25) is 0 Å². The molecule has 1 aromatic carbocycles. The van der Waals surface area contributed by atoms with Gasteiger partial charge in [0.25, 0.3) is 0 Å². The fourth-order valence-corrected chi connectivity index (χ4v) is 2.49. The average Bonchev–Trinajstić information content (AvgIpc) is 2.47. The highest BCUT2D eigenvalue weighted by molar-refractivity contribution is 8.26.